The maximum absolute atomic E-state index is 14.4. The molecular weight excluding hydrogens is 533 g/mol. The van der Waals surface area contributed by atoms with Crippen LogP contribution in [0, 0.1) is 0 Å². The van der Waals surface area contributed by atoms with Gasteiger partial charge in [0.15, 0.2) is 0 Å². The van der Waals surface area contributed by atoms with Crippen molar-refractivity contribution in [3.8, 4) is 0 Å². The van der Waals surface area contributed by atoms with Crippen LogP contribution in [0.2, 0.25) is 0 Å². The first-order valence-corrected chi connectivity index (χ1v) is 15.8. The zero-order chi connectivity index (χ0) is 27.6. The van der Waals surface area contributed by atoms with Crippen LogP contribution in [0.5, 0.6) is 0 Å². The van der Waals surface area contributed by atoms with E-state index >= 15 is 0 Å². The monoisotopic (exact) mass is 564 g/mol. The van der Waals surface area contributed by atoms with E-state index in [1.54, 1.807) is 9.80 Å². The predicted octanol–water partition coefficient (Wildman–Crippen LogP) is 8.71. The highest BCUT2D eigenvalue weighted by atomic mass is 32.1. The number of benzene rings is 2. The van der Waals surface area contributed by atoms with Crippen LogP contribution in [0.3, 0.4) is 0 Å². The number of carbonyl (C=O) groups excluding carboxylic acids is 2. The molecule has 0 fully saturated rings. The van der Waals surface area contributed by atoms with Gasteiger partial charge < -0.3 is 0 Å². The average Bonchev–Trinajstić information content (AvgIpc) is 3.78. The second kappa shape index (κ2) is 11.4. The number of unbranched alkanes of at least 4 members (excludes halogenated alkanes) is 2. The summed E-state index contributed by atoms with van der Waals surface area (Å²) >= 11 is 3.05. The van der Waals surface area contributed by atoms with E-state index in [4.69, 9.17) is 0 Å². The maximum atomic E-state index is 14.4. The Morgan fingerprint density at radius 1 is 0.575 bits per heavy atom. The fourth-order valence-corrected chi connectivity index (χ4v) is 6.99. The quantitative estimate of drug-likeness (QED) is 0.193. The Bertz CT molecular complexity index is 1460. The second-order valence-corrected chi connectivity index (χ2v) is 12.1. The van der Waals surface area contributed by atoms with Crippen molar-refractivity contribution < 1.29 is 9.59 Å². The van der Waals surface area contributed by atoms with Gasteiger partial charge in [-0.15, -0.1) is 22.7 Å². The summed E-state index contributed by atoms with van der Waals surface area (Å²) in [7, 11) is 0. The molecule has 40 heavy (non-hydrogen) atoms. The highest BCUT2D eigenvalue weighted by Crippen LogP contribution is 2.51. The molecule has 0 spiro atoms. The lowest BCUT2D eigenvalue weighted by molar-refractivity contribution is -0.112. The van der Waals surface area contributed by atoms with Gasteiger partial charge in [0.25, 0.3) is 11.8 Å². The molecular formula is C34H32N2O2S2. The Kier molecular flexibility index (Phi) is 7.55. The van der Waals surface area contributed by atoms with E-state index in [2.05, 4.69) is 38.1 Å². The average molecular weight is 565 g/mol. The van der Waals surface area contributed by atoms with Gasteiger partial charge in [-0.2, -0.15) is 0 Å². The van der Waals surface area contributed by atoms with Gasteiger partial charge in [-0.25, -0.2) is 0 Å². The van der Waals surface area contributed by atoms with E-state index in [1.165, 1.54) is 33.8 Å². The number of thiophene rings is 2. The Labute approximate surface area is 243 Å². The van der Waals surface area contributed by atoms with E-state index in [-0.39, 0.29) is 11.8 Å². The minimum atomic E-state index is -0.0973. The van der Waals surface area contributed by atoms with Gasteiger partial charge in [-0.3, -0.25) is 19.4 Å². The molecule has 202 valence electrons. The Morgan fingerprint density at radius 2 is 0.975 bits per heavy atom. The topological polar surface area (TPSA) is 40.6 Å². The minimum absolute atomic E-state index is 0.0973. The van der Waals surface area contributed by atoms with Gasteiger partial charge in [-0.1, -0.05) is 63.1 Å². The third-order valence-electron chi connectivity index (χ3n) is 7.54. The first-order chi connectivity index (χ1) is 19.6. The van der Waals surface area contributed by atoms with Crippen molar-refractivity contribution in [2.75, 3.05) is 9.80 Å². The number of amides is 2. The fourth-order valence-electron chi connectivity index (χ4n) is 5.47. The summed E-state index contributed by atoms with van der Waals surface area (Å²) in [6.45, 7) is 4.38. The van der Waals surface area contributed by atoms with Gasteiger partial charge >= 0.3 is 0 Å². The maximum Gasteiger partial charge on any atom is 0.266 e. The molecule has 0 saturated carbocycles. The lowest BCUT2D eigenvalue weighted by Gasteiger charge is -2.20. The highest BCUT2D eigenvalue weighted by Gasteiger charge is 2.50. The van der Waals surface area contributed by atoms with Crippen LogP contribution in [0.15, 0.2) is 95.0 Å². The highest BCUT2D eigenvalue weighted by molar-refractivity contribution is 7.12. The molecule has 0 atom stereocenters. The van der Waals surface area contributed by atoms with Crippen molar-refractivity contribution in [3.63, 3.8) is 0 Å². The summed E-state index contributed by atoms with van der Waals surface area (Å²) in [5.74, 6) is -0.195. The van der Waals surface area contributed by atoms with Gasteiger partial charge in [0.05, 0.1) is 22.5 Å². The number of hydrogen-bond acceptors (Lipinski definition) is 4. The number of rotatable bonds is 10. The summed E-state index contributed by atoms with van der Waals surface area (Å²) in [5, 5.41) is 3.96. The van der Waals surface area contributed by atoms with E-state index in [0.29, 0.717) is 22.5 Å². The first-order valence-electron chi connectivity index (χ1n) is 14.1. The standard InChI is InChI=1S/C34H32N2O2S2/c1-3-5-9-23-13-17-25(18-14-23)35-31-29(27-11-7-21-39-27)34(38)36(26-19-15-24(16-20-26)10-6-4-2)32(31)30(33(35)37)28-12-8-22-40-28/h7-8,11-22H,3-6,9-10H2,1-2H3. The SMILES string of the molecule is CCCCc1ccc(N2C(=O)C(c3cccs3)=C3C2=C(c2cccs2)C(=O)N3c2ccc(CCCC)cc2)cc1. The van der Waals surface area contributed by atoms with Gasteiger partial charge in [-0.05, 0) is 84.0 Å². The molecule has 0 unspecified atom stereocenters. The normalized spacial score (nSPS) is 15.2. The summed E-state index contributed by atoms with van der Waals surface area (Å²) in [6.07, 6.45) is 6.56. The molecule has 6 rings (SSSR count). The molecule has 0 bridgehead atoms. The van der Waals surface area contributed by atoms with Crippen LogP contribution in [-0.2, 0) is 22.4 Å². The lowest BCUT2D eigenvalue weighted by atomic mass is 10.1. The first kappa shape index (κ1) is 26.5. The van der Waals surface area contributed by atoms with E-state index in [9.17, 15) is 9.59 Å². The zero-order valence-corrected chi connectivity index (χ0v) is 24.5. The Morgan fingerprint density at radius 3 is 1.30 bits per heavy atom. The van der Waals surface area contributed by atoms with Crippen LogP contribution in [0.1, 0.15) is 60.4 Å². The molecule has 2 amide bonds. The largest absolute Gasteiger partial charge is 0.274 e. The van der Waals surface area contributed by atoms with Crippen LogP contribution in [0.4, 0.5) is 11.4 Å². The summed E-state index contributed by atoms with van der Waals surface area (Å²) < 4.78 is 0. The molecule has 2 aromatic carbocycles. The van der Waals surface area contributed by atoms with Gasteiger partial charge in [0.2, 0.25) is 0 Å². The van der Waals surface area contributed by atoms with Crippen LogP contribution in [-0.4, -0.2) is 11.8 Å². The van der Waals surface area contributed by atoms with Crippen molar-refractivity contribution in [2.24, 2.45) is 0 Å². The van der Waals surface area contributed by atoms with E-state index in [1.807, 2.05) is 59.3 Å². The number of carbonyl (C=O) groups is 2. The third kappa shape index (κ3) is 4.65. The molecule has 4 heterocycles. The van der Waals surface area contributed by atoms with Crippen LogP contribution >= 0.6 is 22.7 Å². The molecule has 0 aliphatic carbocycles. The fraction of sp³-hybridized carbons (Fsp3) is 0.235. The molecule has 0 N–H and O–H groups in total. The van der Waals surface area contributed by atoms with Gasteiger partial charge in [0, 0.05) is 21.1 Å². The van der Waals surface area contributed by atoms with Crippen LogP contribution in [0.25, 0.3) is 11.1 Å². The van der Waals surface area contributed by atoms with Crippen molar-refractivity contribution in [3.05, 3.63) is 116 Å². The van der Waals surface area contributed by atoms with Crippen molar-refractivity contribution >= 4 is 57.0 Å². The lowest BCUT2D eigenvalue weighted by Crippen LogP contribution is -2.27. The number of aryl methyl sites for hydroxylation is 2. The van der Waals surface area contributed by atoms with E-state index in [0.717, 1.165) is 59.7 Å². The molecule has 4 aromatic rings. The smallest absolute Gasteiger partial charge is 0.266 e. The molecule has 0 radical (unpaired) electrons. The number of fused-ring (bicyclic) bond motifs is 1. The zero-order valence-electron chi connectivity index (χ0n) is 22.9. The summed E-state index contributed by atoms with van der Waals surface area (Å²) in [5.41, 5.74) is 6.58. The van der Waals surface area contributed by atoms with Gasteiger partial charge in [0.1, 0.15) is 0 Å². The van der Waals surface area contributed by atoms with Crippen molar-refractivity contribution in [1.29, 1.82) is 0 Å². The molecule has 6 heteroatoms. The second-order valence-electron chi connectivity index (χ2n) is 10.2. The van der Waals surface area contributed by atoms with E-state index < -0.39 is 0 Å². The third-order valence-corrected chi connectivity index (χ3v) is 9.32. The Hall–Kier alpha value is -3.74. The van der Waals surface area contributed by atoms with Crippen molar-refractivity contribution in [2.45, 2.75) is 52.4 Å². The minimum Gasteiger partial charge on any atom is -0.274 e. The molecule has 2 aromatic heterocycles. The Balaban J connectivity index is 1.52. The summed E-state index contributed by atoms with van der Waals surface area (Å²) in [6, 6.07) is 24.4. The number of nitrogens with zero attached hydrogens (tertiary/aromatic N) is 2. The van der Waals surface area contributed by atoms with Crippen LogP contribution < -0.4 is 9.80 Å². The summed E-state index contributed by atoms with van der Waals surface area (Å²) in [4.78, 5) is 34.0. The predicted molar refractivity (Wildman–Crippen MR) is 168 cm³/mol. The molecule has 2 aliphatic rings. The number of hydrogen-bond donors (Lipinski definition) is 0. The number of anilines is 2. The van der Waals surface area contributed by atoms with Crippen molar-refractivity contribution in [1.82, 2.24) is 0 Å². The molecule has 0 saturated heterocycles. The molecule has 4 nitrogen and oxygen atoms in total. The molecule has 2 aliphatic heterocycles.